The summed E-state index contributed by atoms with van der Waals surface area (Å²) in [7, 11) is 0. The fourth-order valence-electron chi connectivity index (χ4n) is 2.80. The van der Waals surface area contributed by atoms with Gasteiger partial charge in [0.1, 0.15) is 12.4 Å². The first kappa shape index (κ1) is 16.7. The van der Waals surface area contributed by atoms with Crippen LogP contribution in [0.2, 0.25) is 0 Å². The molecule has 1 unspecified atom stereocenters. The molecular weight excluding hydrogens is 314 g/mol. The van der Waals surface area contributed by atoms with E-state index in [1.54, 1.807) is 11.3 Å². The number of thiophene rings is 1. The molecule has 1 aromatic heterocycles. The summed E-state index contributed by atoms with van der Waals surface area (Å²) in [5.41, 5.74) is 9.69. The van der Waals surface area contributed by atoms with Crippen molar-refractivity contribution < 1.29 is 4.74 Å². The van der Waals surface area contributed by atoms with Gasteiger partial charge < -0.3 is 10.5 Å². The smallest absolute Gasteiger partial charge is 0.119 e. The molecule has 0 aliphatic heterocycles. The molecule has 3 heteroatoms. The zero-order valence-electron chi connectivity index (χ0n) is 13.9. The Kier molecular flexibility index (Phi) is 5.68. The van der Waals surface area contributed by atoms with Gasteiger partial charge >= 0.3 is 0 Å². The molecule has 1 atom stereocenters. The highest BCUT2D eigenvalue weighted by Crippen LogP contribution is 2.25. The largest absolute Gasteiger partial charge is 0.489 e. The second kappa shape index (κ2) is 8.13. The summed E-state index contributed by atoms with van der Waals surface area (Å²) >= 11 is 1.78. The van der Waals surface area contributed by atoms with E-state index in [0.717, 1.165) is 12.2 Å². The molecule has 0 amide bonds. The van der Waals surface area contributed by atoms with Gasteiger partial charge in [0.2, 0.25) is 0 Å². The van der Waals surface area contributed by atoms with E-state index >= 15 is 0 Å². The van der Waals surface area contributed by atoms with E-state index in [0.29, 0.717) is 19.1 Å². The lowest BCUT2D eigenvalue weighted by atomic mass is 9.98. The number of nitrogens with two attached hydrogens (primary N) is 1. The summed E-state index contributed by atoms with van der Waals surface area (Å²) in [5.74, 6) is 1.30. The molecule has 2 N–H and O–H groups in total. The van der Waals surface area contributed by atoms with Gasteiger partial charge in [-0.05, 0) is 48.1 Å². The van der Waals surface area contributed by atoms with Crippen molar-refractivity contribution in [1.82, 2.24) is 0 Å². The van der Waals surface area contributed by atoms with Crippen LogP contribution in [-0.4, -0.2) is 6.54 Å². The van der Waals surface area contributed by atoms with Crippen molar-refractivity contribution in [2.45, 2.75) is 25.9 Å². The molecule has 124 valence electrons. The molecule has 0 saturated heterocycles. The van der Waals surface area contributed by atoms with Gasteiger partial charge in [0.25, 0.3) is 0 Å². The lowest BCUT2D eigenvalue weighted by Gasteiger charge is -2.13. The van der Waals surface area contributed by atoms with Crippen molar-refractivity contribution in [2.75, 3.05) is 6.54 Å². The number of rotatable bonds is 7. The highest BCUT2D eigenvalue weighted by Gasteiger charge is 2.11. The molecule has 0 aliphatic rings. The fraction of sp³-hybridized carbons (Fsp3) is 0.238. The van der Waals surface area contributed by atoms with Gasteiger partial charge in [-0.1, -0.05) is 48.0 Å². The predicted molar refractivity (Wildman–Crippen MR) is 102 cm³/mol. The lowest BCUT2D eigenvalue weighted by Crippen LogP contribution is -2.13. The first-order valence-corrected chi connectivity index (χ1v) is 9.13. The van der Waals surface area contributed by atoms with E-state index in [1.165, 1.54) is 21.6 Å². The molecule has 2 nitrogen and oxygen atoms in total. The monoisotopic (exact) mass is 337 g/mol. The van der Waals surface area contributed by atoms with E-state index in [4.69, 9.17) is 10.5 Å². The molecule has 24 heavy (non-hydrogen) atoms. The highest BCUT2D eigenvalue weighted by atomic mass is 32.1. The molecule has 0 saturated carbocycles. The van der Waals surface area contributed by atoms with Crippen molar-refractivity contribution in [2.24, 2.45) is 5.73 Å². The van der Waals surface area contributed by atoms with Crippen LogP contribution in [0, 0.1) is 6.92 Å². The Labute approximate surface area is 147 Å². The van der Waals surface area contributed by atoms with Gasteiger partial charge in [0.05, 0.1) is 0 Å². The summed E-state index contributed by atoms with van der Waals surface area (Å²) in [6, 6.07) is 21.0. The van der Waals surface area contributed by atoms with Crippen LogP contribution in [0.1, 0.15) is 27.5 Å². The lowest BCUT2D eigenvalue weighted by molar-refractivity contribution is 0.306. The third-order valence-corrected chi connectivity index (χ3v) is 5.16. The number of hydrogen-bond donors (Lipinski definition) is 1. The average Bonchev–Trinajstić information content (AvgIpc) is 3.13. The maximum atomic E-state index is 5.95. The summed E-state index contributed by atoms with van der Waals surface area (Å²) in [6.07, 6.45) is 0.967. The quantitative estimate of drug-likeness (QED) is 0.664. The molecule has 0 spiro atoms. The van der Waals surface area contributed by atoms with Crippen LogP contribution >= 0.6 is 11.3 Å². The van der Waals surface area contributed by atoms with Gasteiger partial charge in [-0.15, -0.1) is 11.3 Å². The maximum absolute atomic E-state index is 5.95. The van der Waals surface area contributed by atoms with Gasteiger partial charge in [-0.3, -0.25) is 0 Å². The van der Waals surface area contributed by atoms with Crippen molar-refractivity contribution >= 4 is 11.3 Å². The van der Waals surface area contributed by atoms with Crippen molar-refractivity contribution in [3.63, 3.8) is 0 Å². The minimum Gasteiger partial charge on any atom is -0.489 e. The molecular formula is C21H23NOS. The van der Waals surface area contributed by atoms with Gasteiger partial charge in [-0.25, -0.2) is 0 Å². The molecule has 1 heterocycles. The van der Waals surface area contributed by atoms with Gasteiger partial charge in [0, 0.05) is 17.3 Å². The van der Waals surface area contributed by atoms with Crippen LogP contribution in [0.25, 0.3) is 0 Å². The Bertz CT molecular complexity index is 750. The summed E-state index contributed by atoms with van der Waals surface area (Å²) in [5, 5.41) is 2.11. The fourth-order valence-corrected chi connectivity index (χ4v) is 3.64. The Hall–Kier alpha value is -2.10. The maximum Gasteiger partial charge on any atom is 0.119 e. The van der Waals surface area contributed by atoms with E-state index in [9.17, 15) is 0 Å². The normalized spacial score (nSPS) is 12.1. The Morgan fingerprint density at radius 3 is 2.50 bits per heavy atom. The number of benzene rings is 2. The van der Waals surface area contributed by atoms with Crippen LogP contribution in [-0.2, 0) is 13.0 Å². The minimum atomic E-state index is 0.393. The third-order valence-electron chi connectivity index (χ3n) is 4.12. The number of ether oxygens (including phenoxy) is 1. The standard InChI is InChI=1S/C21H23NOS/c1-16-4-2-5-18(12-16)15-23-20-9-7-17(8-10-20)13-19(14-22)21-6-3-11-24-21/h2-12,19H,13-15,22H2,1H3. The summed E-state index contributed by atoms with van der Waals surface area (Å²) in [6.45, 7) is 3.37. The third kappa shape index (κ3) is 4.47. The zero-order valence-corrected chi connectivity index (χ0v) is 14.8. The molecule has 0 radical (unpaired) electrons. The van der Waals surface area contributed by atoms with Crippen molar-refractivity contribution in [1.29, 1.82) is 0 Å². The first-order chi connectivity index (χ1) is 11.7. The van der Waals surface area contributed by atoms with E-state index < -0.39 is 0 Å². The van der Waals surface area contributed by atoms with Crippen molar-refractivity contribution in [3.05, 3.63) is 87.6 Å². The summed E-state index contributed by atoms with van der Waals surface area (Å²) in [4.78, 5) is 1.36. The Morgan fingerprint density at radius 1 is 1.00 bits per heavy atom. The van der Waals surface area contributed by atoms with Gasteiger partial charge in [0.15, 0.2) is 0 Å². The number of hydrogen-bond acceptors (Lipinski definition) is 3. The van der Waals surface area contributed by atoms with E-state index in [1.807, 2.05) is 12.1 Å². The second-order valence-electron chi connectivity index (χ2n) is 6.07. The Morgan fingerprint density at radius 2 is 1.83 bits per heavy atom. The van der Waals surface area contributed by atoms with Crippen LogP contribution in [0.15, 0.2) is 66.0 Å². The van der Waals surface area contributed by atoms with E-state index in [2.05, 4.69) is 60.8 Å². The molecule has 3 rings (SSSR count). The van der Waals surface area contributed by atoms with Crippen LogP contribution < -0.4 is 10.5 Å². The molecule has 3 aromatic rings. The molecule has 2 aromatic carbocycles. The second-order valence-corrected chi connectivity index (χ2v) is 7.05. The summed E-state index contributed by atoms with van der Waals surface area (Å²) < 4.78 is 5.88. The highest BCUT2D eigenvalue weighted by molar-refractivity contribution is 7.10. The minimum absolute atomic E-state index is 0.393. The predicted octanol–water partition coefficient (Wildman–Crippen LogP) is 4.92. The van der Waals surface area contributed by atoms with Crippen molar-refractivity contribution in [3.8, 4) is 5.75 Å². The molecule has 0 bridgehead atoms. The average molecular weight is 337 g/mol. The first-order valence-electron chi connectivity index (χ1n) is 8.25. The van der Waals surface area contributed by atoms with Crippen LogP contribution in [0.5, 0.6) is 5.75 Å². The van der Waals surface area contributed by atoms with E-state index in [-0.39, 0.29) is 0 Å². The van der Waals surface area contributed by atoms with Crippen LogP contribution in [0.3, 0.4) is 0 Å². The zero-order chi connectivity index (χ0) is 16.8. The van der Waals surface area contributed by atoms with Gasteiger partial charge in [-0.2, -0.15) is 0 Å². The SMILES string of the molecule is Cc1cccc(COc2ccc(CC(CN)c3cccs3)cc2)c1. The molecule has 0 aliphatic carbocycles. The topological polar surface area (TPSA) is 35.2 Å². The van der Waals surface area contributed by atoms with Crippen LogP contribution in [0.4, 0.5) is 0 Å². The number of aryl methyl sites for hydroxylation is 1. The molecule has 0 fully saturated rings. The Balaban J connectivity index is 1.59.